The fraction of sp³-hybridized carbons (Fsp3) is 0.933. The number of amides is 1. The van der Waals surface area contributed by atoms with Crippen LogP contribution >= 0.6 is 0 Å². The van der Waals surface area contributed by atoms with Crippen LogP contribution in [0.25, 0.3) is 0 Å². The molecular formula is C15H28N2O2. The van der Waals surface area contributed by atoms with Crippen molar-refractivity contribution in [2.45, 2.75) is 83.5 Å². The maximum Gasteiger partial charge on any atom is 0.410 e. The second-order valence-electron chi connectivity index (χ2n) is 6.90. The van der Waals surface area contributed by atoms with Gasteiger partial charge in [0.25, 0.3) is 0 Å². The molecule has 1 N–H and O–H groups in total. The summed E-state index contributed by atoms with van der Waals surface area (Å²) in [6.07, 6.45) is 5.48. The first-order chi connectivity index (χ1) is 8.90. The van der Waals surface area contributed by atoms with Crippen molar-refractivity contribution in [1.82, 2.24) is 10.2 Å². The van der Waals surface area contributed by atoms with Crippen LogP contribution in [0.15, 0.2) is 0 Å². The number of carbonyl (C=O) groups is 1. The predicted molar refractivity (Wildman–Crippen MR) is 76.2 cm³/mol. The van der Waals surface area contributed by atoms with E-state index in [1.165, 1.54) is 6.42 Å². The van der Waals surface area contributed by atoms with E-state index >= 15 is 0 Å². The minimum absolute atomic E-state index is 0.117. The van der Waals surface area contributed by atoms with Crippen LogP contribution < -0.4 is 5.32 Å². The molecule has 0 saturated carbocycles. The van der Waals surface area contributed by atoms with E-state index in [0.29, 0.717) is 18.1 Å². The Bertz CT molecular complexity index is 311. The van der Waals surface area contributed by atoms with Gasteiger partial charge in [0.15, 0.2) is 0 Å². The normalized spacial score (nSPS) is 30.5. The summed E-state index contributed by atoms with van der Waals surface area (Å²) in [4.78, 5) is 14.3. The molecule has 0 aromatic rings. The van der Waals surface area contributed by atoms with Crippen LogP contribution in [0, 0.1) is 0 Å². The van der Waals surface area contributed by atoms with E-state index in [1.807, 2.05) is 25.7 Å². The highest BCUT2D eigenvalue weighted by Gasteiger charge is 2.44. The van der Waals surface area contributed by atoms with Crippen molar-refractivity contribution in [1.29, 1.82) is 0 Å². The fourth-order valence-electron chi connectivity index (χ4n) is 3.30. The van der Waals surface area contributed by atoms with E-state index in [1.54, 1.807) is 0 Å². The number of hydrogen-bond donors (Lipinski definition) is 1. The molecule has 2 aliphatic heterocycles. The van der Waals surface area contributed by atoms with Gasteiger partial charge in [-0.1, -0.05) is 6.92 Å². The minimum Gasteiger partial charge on any atom is -0.444 e. The number of hydrogen-bond acceptors (Lipinski definition) is 3. The van der Waals surface area contributed by atoms with Crippen molar-refractivity contribution in [3.63, 3.8) is 0 Å². The number of ether oxygens (including phenoxy) is 1. The number of nitrogens with one attached hydrogen (secondary N) is 1. The van der Waals surface area contributed by atoms with Crippen molar-refractivity contribution < 1.29 is 9.53 Å². The number of rotatable bonds is 3. The van der Waals surface area contributed by atoms with Gasteiger partial charge in [0.2, 0.25) is 0 Å². The molecule has 2 bridgehead atoms. The second kappa shape index (κ2) is 5.70. The highest BCUT2D eigenvalue weighted by Crippen LogP contribution is 2.36. The molecule has 0 aromatic heterocycles. The standard InChI is InChI=1S/C15H28N2O2/c1-5-8-16-11-9-12-6-7-13(10-11)17(12)14(18)19-15(2,3)4/h11-13,16H,5-10H2,1-4H3. The van der Waals surface area contributed by atoms with Gasteiger partial charge in [0.1, 0.15) is 5.60 Å². The third-order valence-electron chi connectivity index (χ3n) is 4.02. The molecule has 19 heavy (non-hydrogen) atoms. The summed E-state index contributed by atoms with van der Waals surface area (Å²) in [5.41, 5.74) is -0.395. The molecule has 1 amide bonds. The van der Waals surface area contributed by atoms with Gasteiger partial charge in [-0.15, -0.1) is 0 Å². The maximum atomic E-state index is 12.3. The molecule has 0 radical (unpaired) electrons. The fourth-order valence-corrected chi connectivity index (χ4v) is 3.30. The highest BCUT2D eigenvalue weighted by molar-refractivity contribution is 5.69. The van der Waals surface area contributed by atoms with Crippen molar-refractivity contribution in [2.75, 3.05) is 6.54 Å². The van der Waals surface area contributed by atoms with Crippen molar-refractivity contribution in [3.05, 3.63) is 0 Å². The Morgan fingerprint density at radius 2 is 1.84 bits per heavy atom. The zero-order valence-electron chi connectivity index (χ0n) is 12.7. The van der Waals surface area contributed by atoms with Gasteiger partial charge in [0, 0.05) is 18.1 Å². The molecule has 0 aromatic carbocycles. The first-order valence-corrected chi connectivity index (χ1v) is 7.65. The van der Waals surface area contributed by atoms with Gasteiger partial charge in [0.05, 0.1) is 0 Å². The molecule has 2 fully saturated rings. The third-order valence-corrected chi connectivity index (χ3v) is 4.02. The lowest BCUT2D eigenvalue weighted by atomic mass is 9.97. The summed E-state index contributed by atoms with van der Waals surface area (Å²) in [5, 5.41) is 3.60. The molecule has 2 unspecified atom stereocenters. The Morgan fingerprint density at radius 1 is 1.26 bits per heavy atom. The summed E-state index contributed by atoms with van der Waals surface area (Å²) < 4.78 is 5.54. The van der Waals surface area contributed by atoms with Gasteiger partial charge in [-0.25, -0.2) is 4.79 Å². The zero-order valence-corrected chi connectivity index (χ0v) is 12.7. The SMILES string of the molecule is CCCNC1CC2CCC(C1)N2C(=O)OC(C)(C)C. The monoisotopic (exact) mass is 268 g/mol. The van der Waals surface area contributed by atoms with Crippen molar-refractivity contribution >= 4 is 6.09 Å². The second-order valence-corrected chi connectivity index (χ2v) is 6.90. The summed E-state index contributed by atoms with van der Waals surface area (Å²) in [6, 6.07) is 1.34. The molecule has 2 atom stereocenters. The van der Waals surface area contributed by atoms with Gasteiger partial charge in [-0.05, 0) is 59.4 Å². The lowest BCUT2D eigenvalue weighted by Gasteiger charge is -2.39. The molecular weight excluding hydrogens is 240 g/mol. The van der Waals surface area contributed by atoms with Crippen LogP contribution in [-0.2, 0) is 4.74 Å². The third kappa shape index (κ3) is 3.62. The zero-order chi connectivity index (χ0) is 14.0. The molecule has 110 valence electrons. The Morgan fingerprint density at radius 3 is 2.32 bits per heavy atom. The molecule has 4 heteroatoms. The van der Waals surface area contributed by atoms with Crippen LogP contribution in [0.2, 0.25) is 0 Å². The molecule has 0 aliphatic carbocycles. The van der Waals surface area contributed by atoms with Crippen molar-refractivity contribution in [3.8, 4) is 0 Å². The average molecular weight is 268 g/mol. The average Bonchev–Trinajstić information content (AvgIpc) is 2.56. The Labute approximate surface area is 116 Å². The van der Waals surface area contributed by atoms with Gasteiger partial charge >= 0.3 is 6.09 Å². The van der Waals surface area contributed by atoms with E-state index in [-0.39, 0.29) is 6.09 Å². The van der Waals surface area contributed by atoms with Crippen LogP contribution in [0.4, 0.5) is 4.79 Å². The lowest BCUT2D eigenvalue weighted by molar-refractivity contribution is 0.00476. The quantitative estimate of drug-likeness (QED) is 0.855. The molecule has 2 heterocycles. The van der Waals surface area contributed by atoms with Crippen LogP contribution in [0.1, 0.15) is 59.8 Å². The maximum absolute atomic E-state index is 12.3. The lowest BCUT2D eigenvalue weighted by Crippen LogP contribution is -2.52. The highest BCUT2D eigenvalue weighted by atomic mass is 16.6. The van der Waals surface area contributed by atoms with E-state index < -0.39 is 5.60 Å². The number of fused-ring (bicyclic) bond motifs is 2. The first kappa shape index (κ1) is 14.6. The number of carbonyl (C=O) groups excluding carboxylic acids is 1. The smallest absolute Gasteiger partial charge is 0.410 e. The van der Waals surface area contributed by atoms with Gasteiger partial charge < -0.3 is 15.0 Å². The van der Waals surface area contributed by atoms with Gasteiger partial charge in [-0.3, -0.25) is 0 Å². The Kier molecular flexibility index (Phi) is 4.39. The summed E-state index contributed by atoms with van der Waals surface area (Å²) in [6.45, 7) is 9.07. The largest absolute Gasteiger partial charge is 0.444 e. The molecule has 0 spiro atoms. The number of piperidine rings is 1. The Balaban J connectivity index is 1.93. The van der Waals surface area contributed by atoms with Gasteiger partial charge in [-0.2, -0.15) is 0 Å². The molecule has 2 rings (SSSR count). The van der Waals surface area contributed by atoms with E-state index in [2.05, 4.69) is 12.2 Å². The Hall–Kier alpha value is -0.770. The minimum atomic E-state index is -0.395. The van der Waals surface area contributed by atoms with Crippen molar-refractivity contribution in [2.24, 2.45) is 0 Å². The number of nitrogens with zero attached hydrogens (tertiary/aromatic N) is 1. The van der Waals surface area contributed by atoms with Crippen LogP contribution in [-0.4, -0.2) is 41.3 Å². The first-order valence-electron chi connectivity index (χ1n) is 7.65. The molecule has 4 nitrogen and oxygen atoms in total. The van der Waals surface area contributed by atoms with E-state index in [9.17, 15) is 4.79 Å². The predicted octanol–water partition coefficient (Wildman–Crippen LogP) is 2.92. The summed E-state index contributed by atoms with van der Waals surface area (Å²) in [5.74, 6) is 0. The van der Waals surface area contributed by atoms with Crippen LogP contribution in [0.5, 0.6) is 0 Å². The molecule has 2 aliphatic rings. The van der Waals surface area contributed by atoms with E-state index in [0.717, 1.165) is 32.2 Å². The topological polar surface area (TPSA) is 41.6 Å². The molecule has 2 saturated heterocycles. The van der Waals surface area contributed by atoms with Crippen LogP contribution in [0.3, 0.4) is 0 Å². The summed E-state index contributed by atoms with van der Waals surface area (Å²) in [7, 11) is 0. The summed E-state index contributed by atoms with van der Waals surface area (Å²) >= 11 is 0. The van der Waals surface area contributed by atoms with E-state index in [4.69, 9.17) is 4.74 Å².